The molecule has 0 spiro atoms. The van der Waals surface area contributed by atoms with E-state index in [9.17, 15) is 0 Å². The lowest BCUT2D eigenvalue weighted by Crippen LogP contribution is -2.05. The van der Waals surface area contributed by atoms with Gasteiger partial charge in [0.25, 0.3) is 0 Å². The van der Waals surface area contributed by atoms with Crippen LogP contribution < -0.4 is 0 Å². The van der Waals surface area contributed by atoms with Crippen LogP contribution in [0.25, 0.3) is 155 Å². The summed E-state index contributed by atoms with van der Waals surface area (Å²) in [4.78, 5) is 16.7. The van der Waals surface area contributed by atoms with Gasteiger partial charge in [-0.1, -0.05) is 152 Å². The van der Waals surface area contributed by atoms with Crippen LogP contribution >= 0.6 is 0 Å². The van der Waals surface area contributed by atoms with Crippen LogP contribution in [-0.2, 0) is 0 Å². The highest BCUT2D eigenvalue weighted by molar-refractivity contribution is 6.20. The zero-order valence-electron chi connectivity index (χ0n) is 38.4. The Kier molecular flexibility index (Phi) is 8.04. The molecule has 5 aromatic heterocycles. The maximum absolute atomic E-state index is 7.33. The van der Waals surface area contributed by atoms with Gasteiger partial charge in [-0.15, -0.1) is 0 Å². The molecule has 0 radical (unpaired) electrons. The molecule has 0 bridgehead atoms. The summed E-state index contributed by atoms with van der Waals surface area (Å²) in [6, 6.07) is 79.0. The minimum absolute atomic E-state index is 0.494. The average molecular weight is 920 g/mol. The Bertz CT molecular complexity index is 4940. The van der Waals surface area contributed by atoms with Crippen molar-refractivity contribution in [1.29, 1.82) is 0 Å². The highest BCUT2D eigenvalue weighted by atomic mass is 16.3. The SMILES string of the molecule is c1ccc(-n2c3ccccc3c3cccc(-c4nc(-c5ccc6c(oc7c8ccccc8ccc67)c5-n5c6ccccc6c6cc7ccccc7cc65)nc(-c5cccc6c5oc5ccccc56)n4)c32)cc1. The van der Waals surface area contributed by atoms with Gasteiger partial charge in [0.2, 0.25) is 0 Å². The van der Waals surface area contributed by atoms with Crippen molar-refractivity contribution in [2.45, 2.75) is 0 Å². The smallest absolute Gasteiger partial charge is 0.167 e. The van der Waals surface area contributed by atoms with Gasteiger partial charge in [0.05, 0.1) is 27.6 Å². The van der Waals surface area contributed by atoms with E-state index in [1.807, 2.05) is 18.2 Å². The number of para-hydroxylation sites is 6. The minimum Gasteiger partial charge on any atom is -0.455 e. The quantitative estimate of drug-likeness (QED) is 0.172. The first-order chi connectivity index (χ1) is 35.7. The summed E-state index contributed by atoms with van der Waals surface area (Å²) >= 11 is 0. The molecule has 0 atom stereocenters. The molecule has 5 heterocycles. The number of hydrogen-bond acceptors (Lipinski definition) is 5. The Morgan fingerprint density at radius 1 is 0.292 bits per heavy atom. The Hall–Kier alpha value is -9.85. The fourth-order valence-electron chi connectivity index (χ4n) is 11.6. The summed E-state index contributed by atoms with van der Waals surface area (Å²) in [5.41, 5.74) is 11.6. The van der Waals surface area contributed by atoms with E-state index in [2.05, 4.69) is 215 Å². The van der Waals surface area contributed by atoms with Crippen LogP contribution in [0.15, 0.2) is 233 Å². The summed E-state index contributed by atoms with van der Waals surface area (Å²) in [6.07, 6.45) is 0. The summed E-state index contributed by atoms with van der Waals surface area (Å²) in [5.74, 6) is 1.52. The van der Waals surface area contributed by atoms with Crippen molar-refractivity contribution < 1.29 is 8.83 Å². The Morgan fingerprint density at radius 3 is 1.65 bits per heavy atom. The molecule has 7 heteroatoms. The van der Waals surface area contributed by atoms with Gasteiger partial charge in [-0.25, -0.2) is 15.0 Å². The number of nitrogens with zero attached hydrogens (tertiary/aromatic N) is 5. The zero-order chi connectivity index (χ0) is 47.0. The van der Waals surface area contributed by atoms with E-state index in [0.717, 1.165) is 126 Å². The minimum atomic E-state index is 0.494. The number of aromatic nitrogens is 5. The van der Waals surface area contributed by atoms with Crippen LogP contribution in [0.5, 0.6) is 0 Å². The second-order valence-electron chi connectivity index (χ2n) is 18.6. The molecule has 7 nitrogen and oxygen atoms in total. The number of rotatable bonds is 5. The van der Waals surface area contributed by atoms with E-state index < -0.39 is 0 Å². The molecule has 11 aromatic carbocycles. The molecular weight excluding hydrogens is 883 g/mol. The van der Waals surface area contributed by atoms with E-state index in [0.29, 0.717) is 23.1 Å². The molecule has 16 aromatic rings. The van der Waals surface area contributed by atoms with Gasteiger partial charge in [-0.2, -0.15) is 0 Å². The standard InChI is InChI=1S/C65H37N5O2/c1-2-19-41(20-3-1)69-54-29-11-8-22-43(54)46-25-14-27-50(58(46)69)63-66-64(68-65(67-63)52-28-15-26-47-45-24-10-13-31-57(45)71-61(47)52)51-35-34-49-48-33-32-38-16-6-7-21-42(38)60(48)72-62(49)59(51)70-55-30-12-9-23-44(55)53-36-39-17-4-5-18-40(39)37-56(53)70/h1-37H. The van der Waals surface area contributed by atoms with Crippen LogP contribution in [-0.4, -0.2) is 24.1 Å². The third-order valence-electron chi connectivity index (χ3n) is 14.7. The van der Waals surface area contributed by atoms with E-state index in [-0.39, 0.29) is 0 Å². The summed E-state index contributed by atoms with van der Waals surface area (Å²) in [6.45, 7) is 0. The van der Waals surface area contributed by atoms with Gasteiger partial charge in [0, 0.05) is 65.3 Å². The van der Waals surface area contributed by atoms with E-state index in [1.165, 1.54) is 5.39 Å². The maximum Gasteiger partial charge on any atom is 0.167 e. The zero-order valence-corrected chi connectivity index (χ0v) is 38.4. The number of fused-ring (bicyclic) bond motifs is 15. The molecule has 0 amide bonds. The monoisotopic (exact) mass is 919 g/mol. The molecule has 0 saturated heterocycles. The van der Waals surface area contributed by atoms with Crippen molar-refractivity contribution in [3.8, 4) is 45.5 Å². The fraction of sp³-hybridized carbons (Fsp3) is 0. The van der Waals surface area contributed by atoms with Gasteiger partial charge in [0.1, 0.15) is 22.4 Å². The van der Waals surface area contributed by atoms with Crippen molar-refractivity contribution in [1.82, 2.24) is 24.1 Å². The Labute approximate surface area is 410 Å². The molecule has 0 aliphatic carbocycles. The molecule has 72 heavy (non-hydrogen) atoms. The van der Waals surface area contributed by atoms with Gasteiger partial charge in [0.15, 0.2) is 23.1 Å². The van der Waals surface area contributed by atoms with Crippen molar-refractivity contribution in [2.24, 2.45) is 0 Å². The predicted octanol–water partition coefficient (Wildman–Crippen LogP) is 17.2. The van der Waals surface area contributed by atoms with E-state index in [1.54, 1.807) is 0 Å². The molecule has 0 N–H and O–H groups in total. The van der Waals surface area contributed by atoms with Crippen molar-refractivity contribution >= 4 is 109 Å². The lowest BCUT2D eigenvalue weighted by molar-refractivity contribution is 0.669. The fourth-order valence-corrected chi connectivity index (χ4v) is 11.6. The lowest BCUT2D eigenvalue weighted by Gasteiger charge is -2.16. The molecule has 0 saturated carbocycles. The number of furan rings is 2. The topological polar surface area (TPSA) is 74.8 Å². The van der Waals surface area contributed by atoms with E-state index >= 15 is 0 Å². The maximum atomic E-state index is 7.33. The van der Waals surface area contributed by atoms with Crippen molar-refractivity contribution in [3.05, 3.63) is 224 Å². The highest BCUT2D eigenvalue weighted by Gasteiger charge is 2.27. The second-order valence-corrected chi connectivity index (χ2v) is 18.6. The molecule has 0 aliphatic rings. The molecule has 0 aliphatic heterocycles. The van der Waals surface area contributed by atoms with Crippen molar-refractivity contribution in [3.63, 3.8) is 0 Å². The molecule has 0 unspecified atom stereocenters. The molecule has 16 rings (SSSR count). The van der Waals surface area contributed by atoms with Crippen LogP contribution in [0.3, 0.4) is 0 Å². The van der Waals surface area contributed by atoms with Gasteiger partial charge >= 0.3 is 0 Å². The Morgan fingerprint density at radius 2 is 0.847 bits per heavy atom. The first-order valence-corrected chi connectivity index (χ1v) is 24.3. The van der Waals surface area contributed by atoms with Crippen LogP contribution in [0.4, 0.5) is 0 Å². The highest BCUT2D eigenvalue weighted by Crippen LogP contribution is 2.46. The lowest BCUT2D eigenvalue weighted by atomic mass is 10.0. The summed E-state index contributed by atoms with van der Waals surface area (Å²) in [5, 5.41) is 13.1. The average Bonchev–Trinajstić information content (AvgIpc) is 4.20. The van der Waals surface area contributed by atoms with Gasteiger partial charge < -0.3 is 18.0 Å². The van der Waals surface area contributed by atoms with Crippen LogP contribution in [0.2, 0.25) is 0 Å². The summed E-state index contributed by atoms with van der Waals surface area (Å²) in [7, 11) is 0. The van der Waals surface area contributed by atoms with Gasteiger partial charge in [-0.05, 0) is 89.0 Å². The van der Waals surface area contributed by atoms with E-state index in [4.69, 9.17) is 23.8 Å². The second kappa shape index (κ2) is 14.8. The first kappa shape index (κ1) is 39.0. The molecule has 334 valence electrons. The number of benzene rings is 11. The predicted molar refractivity (Wildman–Crippen MR) is 294 cm³/mol. The molecule has 0 fully saturated rings. The third kappa shape index (κ3) is 5.53. The third-order valence-corrected chi connectivity index (χ3v) is 14.7. The van der Waals surface area contributed by atoms with Crippen LogP contribution in [0, 0.1) is 0 Å². The number of hydrogen-bond donors (Lipinski definition) is 0. The van der Waals surface area contributed by atoms with Gasteiger partial charge in [-0.3, -0.25) is 0 Å². The Balaban J connectivity index is 1.07. The van der Waals surface area contributed by atoms with Crippen LogP contribution in [0.1, 0.15) is 0 Å². The van der Waals surface area contributed by atoms with Crippen molar-refractivity contribution in [2.75, 3.05) is 0 Å². The first-order valence-electron chi connectivity index (χ1n) is 24.3. The molecular formula is C65H37N5O2. The normalized spacial score (nSPS) is 12.2. The largest absolute Gasteiger partial charge is 0.455 e. The summed E-state index contributed by atoms with van der Waals surface area (Å²) < 4.78 is 18.8.